The maximum atomic E-state index is 12.4. The van der Waals surface area contributed by atoms with E-state index >= 15 is 0 Å². The standard InChI is InChI=1S/C10H12FNO3S/c1-6(13)14-5-7-2-3-8-10(15-7)16-9(4-11)12-8/h2-3,7-8,10H,4-5H2,1H3/t7-,8-,10-/m1/s1. The van der Waals surface area contributed by atoms with Gasteiger partial charge in [-0.15, -0.1) is 0 Å². The van der Waals surface area contributed by atoms with Gasteiger partial charge >= 0.3 is 5.97 Å². The molecule has 0 spiro atoms. The molecule has 16 heavy (non-hydrogen) atoms. The molecule has 0 N–H and O–H groups in total. The number of hydrogen-bond donors (Lipinski definition) is 0. The molecule has 88 valence electrons. The molecule has 0 aromatic rings. The monoisotopic (exact) mass is 245 g/mol. The number of ether oxygens (including phenoxy) is 2. The van der Waals surface area contributed by atoms with Gasteiger partial charge in [0, 0.05) is 6.92 Å². The van der Waals surface area contributed by atoms with E-state index in [1.165, 1.54) is 18.7 Å². The number of esters is 1. The van der Waals surface area contributed by atoms with Crippen LogP contribution in [0.5, 0.6) is 0 Å². The summed E-state index contributed by atoms with van der Waals surface area (Å²) >= 11 is 1.29. The van der Waals surface area contributed by atoms with Gasteiger partial charge in [-0.1, -0.05) is 11.8 Å². The van der Waals surface area contributed by atoms with Gasteiger partial charge in [-0.2, -0.15) is 0 Å². The summed E-state index contributed by atoms with van der Waals surface area (Å²) in [6, 6.07) is -0.107. The highest BCUT2D eigenvalue weighted by molar-refractivity contribution is 8.14. The maximum Gasteiger partial charge on any atom is 0.302 e. The Balaban J connectivity index is 1.82. The number of halogens is 1. The lowest BCUT2D eigenvalue weighted by molar-refractivity contribution is -0.145. The number of alkyl halides is 1. The number of carbonyl (C=O) groups excluding carboxylic acids is 1. The normalized spacial score (nSPS) is 33.1. The zero-order chi connectivity index (χ0) is 11.5. The van der Waals surface area contributed by atoms with E-state index in [9.17, 15) is 9.18 Å². The van der Waals surface area contributed by atoms with Gasteiger partial charge in [0.1, 0.15) is 23.8 Å². The molecular weight excluding hydrogens is 233 g/mol. The Morgan fingerprint density at radius 1 is 1.69 bits per heavy atom. The largest absolute Gasteiger partial charge is 0.463 e. The average molecular weight is 245 g/mol. The first kappa shape index (κ1) is 11.9. The summed E-state index contributed by atoms with van der Waals surface area (Å²) in [4.78, 5) is 14.8. The molecule has 0 bridgehead atoms. The van der Waals surface area contributed by atoms with E-state index in [0.29, 0.717) is 5.04 Å². The summed E-state index contributed by atoms with van der Waals surface area (Å²) in [5.41, 5.74) is -0.184. The predicted octanol–water partition coefficient (Wildman–Crippen LogP) is 1.17. The highest BCUT2D eigenvalue weighted by Gasteiger charge is 2.37. The molecule has 2 aliphatic rings. The fourth-order valence-corrected chi connectivity index (χ4v) is 2.52. The molecule has 4 nitrogen and oxygen atoms in total. The Labute approximate surface area is 97.6 Å². The quantitative estimate of drug-likeness (QED) is 0.700. The van der Waals surface area contributed by atoms with E-state index in [4.69, 9.17) is 9.47 Å². The van der Waals surface area contributed by atoms with E-state index in [0.717, 1.165) is 0 Å². The van der Waals surface area contributed by atoms with Gasteiger partial charge in [-0.25, -0.2) is 4.39 Å². The minimum absolute atomic E-state index is 0.107. The smallest absolute Gasteiger partial charge is 0.302 e. The van der Waals surface area contributed by atoms with Crippen LogP contribution in [0.1, 0.15) is 6.92 Å². The molecule has 3 atom stereocenters. The van der Waals surface area contributed by atoms with Crippen molar-refractivity contribution in [2.24, 2.45) is 4.99 Å². The van der Waals surface area contributed by atoms with Gasteiger partial charge in [-0.3, -0.25) is 9.79 Å². The first-order chi connectivity index (χ1) is 7.69. The van der Waals surface area contributed by atoms with Crippen LogP contribution in [0.15, 0.2) is 4.99 Å². The summed E-state index contributed by atoms with van der Waals surface area (Å²) in [5.74, 6) is -0.334. The molecule has 2 rings (SSSR count). The molecule has 2 radical (unpaired) electrons. The number of rotatable bonds is 3. The van der Waals surface area contributed by atoms with Crippen molar-refractivity contribution in [1.82, 2.24) is 0 Å². The van der Waals surface area contributed by atoms with Crippen molar-refractivity contribution in [2.45, 2.75) is 24.5 Å². The zero-order valence-electron chi connectivity index (χ0n) is 8.76. The van der Waals surface area contributed by atoms with Crippen molar-refractivity contribution in [2.75, 3.05) is 13.3 Å². The molecule has 0 aliphatic carbocycles. The zero-order valence-corrected chi connectivity index (χ0v) is 9.58. The molecule has 2 aliphatic heterocycles. The van der Waals surface area contributed by atoms with E-state index in [2.05, 4.69) is 4.99 Å². The van der Waals surface area contributed by atoms with Gasteiger partial charge in [0.2, 0.25) is 0 Å². The summed E-state index contributed by atoms with van der Waals surface area (Å²) in [7, 11) is 0. The lowest BCUT2D eigenvalue weighted by Crippen LogP contribution is -2.37. The second-order valence-electron chi connectivity index (χ2n) is 3.50. The van der Waals surface area contributed by atoms with Crippen molar-refractivity contribution in [1.29, 1.82) is 0 Å². The van der Waals surface area contributed by atoms with Crippen molar-refractivity contribution in [3.8, 4) is 0 Å². The summed E-state index contributed by atoms with van der Waals surface area (Å²) in [6.45, 7) is 0.994. The fourth-order valence-electron chi connectivity index (χ4n) is 1.52. The van der Waals surface area contributed by atoms with E-state index < -0.39 is 6.67 Å². The topological polar surface area (TPSA) is 47.9 Å². The first-order valence-electron chi connectivity index (χ1n) is 4.95. The fraction of sp³-hybridized carbons (Fsp3) is 0.600. The second-order valence-corrected chi connectivity index (χ2v) is 4.67. The maximum absolute atomic E-state index is 12.4. The number of hydrogen-bond acceptors (Lipinski definition) is 5. The Hall–Kier alpha value is -0.620. The van der Waals surface area contributed by atoms with E-state index in [-0.39, 0.29) is 30.2 Å². The third kappa shape index (κ3) is 2.74. The Kier molecular flexibility index (Phi) is 3.81. The summed E-state index contributed by atoms with van der Waals surface area (Å²) in [5, 5.41) is 0.466. The molecule has 1 fully saturated rings. The molecule has 0 unspecified atom stereocenters. The highest BCUT2D eigenvalue weighted by Crippen LogP contribution is 2.35. The third-order valence-electron chi connectivity index (χ3n) is 2.22. The molecule has 0 amide bonds. The van der Waals surface area contributed by atoms with Crippen LogP contribution in [0.3, 0.4) is 0 Å². The van der Waals surface area contributed by atoms with E-state index in [1.54, 1.807) is 6.42 Å². The van der Waals surface area contributed by atoms with Crippen molar-refractivity contribution < 1.29 is 18.7 Å². The van der Waals surface area contributed by atoms with Crippen LogP contribution in [0.2, 0.25) is 0 Å². The van der Waals surface area contributed by atoms with Gasteiger partial charge in [0.05, 0.1) is 12.1 Å². The predicted molar refractivity (Wildman–Crippen MR) is 58.7 cm³/mol. The number of carbonyl (C=O) groups is 1. The van der Waals surface area contributed by atoms with Crippen LogP contribution < -0.4 is 0 Å². The van der Waals surface area contributed by atoms with E-state index in [1.807, 2.05) is 6.42 Å². The van der Waals surface area contributed by atoms with Gasteiger partial charge in [0.15, 0.2) is 0 Å². The van der Waals surface area contributed by atoms with Crippen LogP contribution >= 0.6 is 11.8 Å². The van der Waals surface area contributed by atoms with Crippen molar-refractivity contribution in [3.63, 3.8) is 0 Å². The van der Waals surface area contributed by atoms with Gasteiger partial charge in [0.25, 0.3) is 0 Å². The minimum Gasteiger partial charge on any atom is -0.463 e. The molecule has 2 heterocycles. The SMILES string of the molecule is CC(=O)OC[C@H]1[CH][CH][C@H]2N=C(CF)S[C@H]2O1. The number of fused-ring (bicyclic) bond motifs is 1. The van der Waals surface area contributed by atoms with Crippen LogP contribution in [0, 0.1) is 12.8 Å². The second kappa shape index (κ2) is 5.14. The molecular formula is C10H12FNO3S. The Bertz CT molecular complexity index is 310. The first-order valence-corrected chi connectivity index (χ1v) is 5.83. The molecule has 0 saturated carbocycles. The van der Waals surface area contributed by atoms with Crippen LogP contribution in [0.4, 0.5) is 4.39 Å². The number of thioether (sulfide) groups is 1. The van der Waals surface area contributed by atoms with Crippen LogP contribution in [-0.2, 0) is 14.3 Å². The number of aliphatic imine (C=N–C) groups is 1. The summed E-state index contributed by atoms with van der Waals surface area (Å²) in [6.07, 6.45) is 3.42. The van der Waals surface area contributed by atoms with Gasteiger partial charge < -0.3 is 9.47 Å². The lowest BCUT2D eigenvalue weighted by Gasteiger charge is -2.29. The number of nitrogens with zero attached hydrogens (tertiary/aromatic N) is 1. The van der Waals surface area contributed by atoms with Crippen molar-refractivity contribution in [3.05, 3.63) is 12.8 Å². The average Bonchev–Trinajstić information content (AvgIpc) is 2.68. The molecule has 1 saturated heterocycles. The Morgan fingerprint density at radius 2 is 2.50 bits per heavy atom. The third-order valence-corrected chi connectivity index (χ3v) is 3.33. The van der Waals surface area contributed by atoms with Crippen molar-refractivity contribution >= 4 is 22.8 Å². The van der Waals surface area contributed by atoms with Crippen LogP contribution in [0.25, 0.3) is 0 Å². The molecule has 0 aromatic carbocycles. The Morgan fingerprint density at radius 3 is 3.19 bits per heavy atom. The minimum atomic E-state index is -0.552. The van der Waals surface area contributed by atoms with Gasteiger partial charge in [-0.05, 0) is 12.8 Å². The lowest BCUT2D eigenvalue weighted by atomic mass is 10.1. The molecule has 6 heteroatoms. The molecule has 0 aromatic heterocycles. The summed E-state index contributed by atoms with van der Waals surface area (Å²) < 4.78 is 22.8. The highest BCUT2D eigenvalue weighted by atomic mass is 32.2. The van der Waals surface area contributed by atoms with Crippen LogP contribution in [-0.4, -0.2) is 41.9 Å².